The number of benzene rings is 1. The standard InChI is InChI=1S/C20H25F2NO/c1-2-3-4-16-5-7-17(8-6-16)13-20(21,22)24-15-19-11-9-18(14-23)10-12-19/h2,9-12,16-17H,1,3-8,13,15H2. The van der Waals surface area contributed by atoms with Gasteiger partial charge in [-0.3, -0.25) is 0 Å². The highest BCUT2D eigenvalue weighted by Gasteiger charge is 2.35. The van der Waals surface area contributed by atoms with E-state index in [1.165, 1.54) is 0 Å². The van der Waals surface area contributed by atoms with Crippen LogP contribution in [0.1, 0.15) is 56.1 Å². The smallest absolute Gasteiger partial charge is 0.316 e. The quantitative estimate of drug-likeness (QED) is 0.561. The van der Waals surface area contributed by atoms with Crippen LogP contribution in [-0.4, -0.2) is 6.11 Å². The lowest BCUT2D eigenvalue weighted by atomic mass is 9.78. The summed E-state index contributed by atoms with van der Waals surface area (Å²) in [5, 5.41) is 8.73. The number of allylic oxidation sites excluding steroid dienone is 1. The van der Waals surface area contributed by atoms with Crippen LogP contribution >= 0.6 is 0 Å². The van der Waals surface area contributed by atoms with Crippen molar-refractivity contribution >= 4 is 0 Å². The average molecular weight is 333 g/mol. The molecular weight excluding hydrogens is 308 g/mol. The maximum absolute atomic E-state index is 14.1. The van der Waals surface area contributed by atoms with Crippen molar-refractivity contribution in [2.75, 3.05) is 0 Å². The average Bonchev–Trinajstić information content (AvgIpc) is 2.59. The maximum Gasteiger partial charge on any atom is 0.356 e. The van der Waals surface area contributed by atoms with Crippen LogP contribution in [0, 0.1) is 23.2 Å². The molecule has 1 aliphatic carbocycles. The van der Waals surface area contributed by atoms with E-state index in [2.05, 4.69) is 6.58 Å². The monoisotopic (exact) mass is 333 g/mol. The van der Waals surface area contributed by atoms with Gasteiger partial charge in [0, 0.05) is 6.42 Å². The van der Waals surface area contributed by atoms with Crippen molar-refractivity contribution in [3.8, 4) is 6.07 Å². The van der Waals surface area contributed by atoms with Gasteiger partial charge in [0.05, 0.1) is 18.2 Å². The van der Waals surface area contributed by atoms with Crippen LogP contribution in [0.3, 0.4) is 0 Å². The molecule has 0 radical (unpaired) electrons. The molecule has 2 rings (SSSR count). The summed E-state index contributed by atoms with van der Waals surface area (Å²) in [5.41, 5.74) is 1.17. The number of halogens is 2. The number of hydrogen-bond donors (Lipinski definition) is 0. The zero-order chi connectivity index (χ0) is 17.4. The van der Waals surface area contributed by atoms with E-state index in [9.17, 15) is 8.78 Å². The van der Waals surface area contributed by atoms with Gasteiger partial charge in [-0.2, -0.15) is 14.0 Å². The summed E-state index contributed by atoms with van der Waals surface area (Å²) < 4.78 is 33.0. The summed E-state index contributed by atoms with van der Waals surface area (Å²) in [5.74, 6) is 0.702. The molecule has 1 aliphatic rings. The molecule has 130 valence electrons. The fourth-order valence-electron chi connectivity index (χ4n) is 3.34. The topological polar surface area (TPSA) is 33.0 Å². The van der Waals surface area contributed by atoms with Crippen LogP contribution in [0.25, 0.3) is 0 Å². The number of rotatable bonds is 8. The lowest BCUT2D eigenvalue weighted by molar-refractivity contribution is -0.256. The Morgan fingerprint density at radius 3 is 2.38 bits per heavy atom. The first-order valence-electron chi connectivity index (χ1n) is 8.64. The normalized spacial score (nSPS) is 21.2. The van der Waals surface area contributed by atoms with Crippen LogP contribution in [0.15, 0.2) is 36.9 Å². The van der Waals surface area contributed by atoms with Gasteiger partial charge in [-0.05, 0) is 55.2 Å². The Balaban J connectivity index is 1.75. The van der Waals surface area contributed by atoms with E-state index in [4.69, 9.17) is 10.00 Å². The lowest BCUT2D eigenvalue weighted by Crippen LogP contribution is -2.27. The molecule has 0 amide bonds. The molecular formula is C20H25F2NO. The van der Waals surface area contributed by atoms with E-state index in [1.54, 1.807) is 24.3 Å². The van der Waals surface area contributed by atoms with Gasteiger partial charge in [0.2, 0.25) is 0 Å². The lowest BCUT2D eigenvalue weighted by Gasteiger charge is -2.30. The van der Waals surface area contributed by atoms with Gasteiger partial charge in [0.15, 0.2) is 0 Å². The minimum Gasteiger partial charge on any atom is -0.316 e. The highest BCUT2D eigenvalue weighted by molar-refractivity contribution is 5.31. The van der Waals surface area contributed by atoms with Crippen LogP contribution in [-0.2, 0) is 11.3 Å². The fraction of sp³-hybridized carbons (Fsp3) is 0.550. The Morgan fingerprint density at radius 2 is 1.79 bits per heavy atom. The first-order chi connectivity index (χ1) is 11.5. The molecule has 1 aromatic carbocycles. The molecule has 0 bridgehead atoms. The molecule has 0 aliphatic heterocycles. The summed E-state index contributed by atoms with van der Waals surface area (Å²) in [6, 6.07) is 8.53. The highest BCUT2D eigenvalue weighted by atomic mass is 19.3. The molecule has 0 atom stereocenters. The van der Waals surface area contributed by atoms with E-state index in [0.717, 1.165) is 38.5 Å². The maximum atomic E-state index is 14.1. The Morgan fingerprint density at radius 1 is 1.17 bits per heavy atom. The molecule has 24 heavy (non-hydrogen) atoms. The summed E-state index contributed by atoms with van der Waals surface area (Å²) in [6.45, 7) is 3.60. The van der Waals surface area contributed by atoms with Gasteiger partial charge in [-0.15, -0.1) is 6.58 Å². The Labute approximate surface area is 143 Å². The van der Waals surface area contributed by atoms with E-state index >= 15 is 0 Å². The molecule has 0 unspecified atom stereocenters. The van der Waals surface area contributed by atoms with E-state index in [1.807, 2.05) is 12.1 Å². The summed E-state index contributed by atoms with van der Waals surface area (Å²) in [4.78, 5) is 0. The predicted octanol–water partition coefficient (Wildman–Crippen LogP) is 5.83. The van der Waals surface area contributed by atoms with Gasteiger partial charge in [0.25, 0.3) is 0 Å². The van der Waals surface area contributed by atoms with Crippen molar-refractivity contribution < 1.29 is 13.5 Å². The number of hydrogen-bond acceptors (Lipinski definition) is 2. The highest BCUT2D eigenvalue weighted by Crippen LogP contribution is 2.38. The van der Waals surface area contributed by atoms with Crippen LogP contribution in [0.5, 0.6) is 0 Å². The molecule has 1 fully saturated rings. The molecule has 0 saturated heterocycles. The molecule has 1 saturated carbocycles. The predicted molar refractivity (Wildman–Crippen MR) is 90.4 cm³/mol. The van der Waals surface area contributed by atoms with Crippen LogP contribution in [0.4, 0.5) is 8.78 Å². The van der Waals surface area contributed by atoms with Crippen molar-refractivity contribution in [1.29, 1.82) is 5.26 Å². The van der Waals surface area contributed by atoms with E-state index in [-0.39, 0.29) is 18.9 Å². The summed E-state index contributed by atoms with van der Waals surface area (Å²) in [6.07, 6.45) is 4.56. The Kier molecular flexibility index (Phi) is 6.93. The molecule has 0 spiro atoms. The minimum atomic E-state index is -3.09. The van der Waals surface area contributed by atoms with Crippen molar-refractivity contribution in [2.45, 2.75) is 57.7 Å². The third-order valence-electron chi connectivity index (χ3n) is 4.80. The second-order valence-corrected chi connectivity index (χ2v) is 6.69. The van der Waals surface area contributed by atoms with E-state index in [0.29, 0.717) is 17.0 Å². The van der Waals surface area contributed by atoms with Crippen molar-refractivity contribution in [2.24, 2.45) is 11.8 Å². The van der Waals surface area contributed by atoms with Crippen LogP contribution < -0.4 is 0 Å². The van der Waals surface area contributed by atoms with Crippen molar-refractivity contribution in [1.82, 2.24) is 0 Å². The number of ether oxygens (including phenoxy) is 1. The van der Waals surface area contributed by atoms with Crippen molar-refractivity contribution in [3.05, 3.63) is 48.0 Å². The summed E-state index contributed by atoms with van der Waals surface area (Å²) in [7, 11) is 0. The molecule has 0 heterocycles. The first kappa shape index (κ1) is 18.6. The third kappa shape index (κ3) is 6.05. The molecule has 1 aromatic rings. The second kappa shape index (κ2) is 8.94. The largest absolute Gasteiger partial charge is 0.356 e. The van der Waals surface area contributed by atoms with Gasteiger partial charge < -0.3 is 4.74 Å². The number of alkyl halides is 2. The third-order valence-corrected chi connectivity index (χ3v) is 4.80. The molecule has 4 heteroatoms. The fourth-order valence-corrected chi connectivity index (χ4v) is 3.34. The zero-order valence-electron chi connectivity index (χ0n) is 14.0. The van der Waals surface area contributed by atoms with Gasteiger partial charge in [-0.1, -0.05) is 31.1 Å². The van der Waals surface area contributed by atoms with Crippen LogP contribution in [0.2, 0.25) is 0 Å². The Bertz CT molecular complexity index is 554. The second-order valence-electron chi connectivity index (χ2n) is 6.69. The molecule has 2 nitrogen and oxygen atoms in total. The van der Waals surface area contributed by atoms with Crippen molar-refractivity contribution in [3.63, 3.8) is 0 Å². The van der Waals surface area contributed by atoms with Gasteiger partial charge in [-0.25, -0.2) is 0 Å². The SMILES string of the molecule is C=CCCC1CCC(CC(F)(F)OCc2ccc(C#N)cc2)CC1. The Hall–Kier alpha value is -1.73. The number of nitriles is 1. The van der Waals surface area contributed by atoms with Gasteiger partial charge in [0.1, 0.15) is 0 Å². The number of nitrogens with zero attached hydrogens (tertiary/aromatic N) is 1. The molecule has 0 aromatic heterocycles. The zero-order valence-corrected chi connectivity index (χ0v) is 14.0. The minimum absolute atomic E-state index is 0.0425. The first-order valence-corrected chi connectivity index (χ1v) is 8.64. The molecule has 0 N–H and O–H groups in total. The van der Waals surface area contributed by atoms with Gasteiger partial charge >= 0.3 is 6.11 Å². The summed E-state index contributed by atoms with van der Waals surface area (Å²) >= 11 is 0. The van der Waals surface area contributed by atoms with E-state index < -0.39 is 6.11 Å².